The molecule has 2 N–H and O–H groups in total. The van der Waals surface area contributed by atoms with Crippen molar-refractivity contribution in [1.82, 2.24) is 10.2 Å². The largest absolute Gasteiger partial charge is 0.481 e. The minimum absolute atomic E-state index is 0.0438. The number of carbonyl (C=O) groups is 3. The van der Waals surface area contributed by atoms with Crippen molar-refractivity contribution < 1.29 is 23.9 Å². The van der Waals surface area contributed by atoms with Gasteiger partial charge in [-0.25, -0.2) is 4.39 Å². The predicted molar refractivity (Wildman–Crippen MR) is 144 cm³/mol. The lowest BCUT2D eigenvalue weighted by atomic mass is 9.75. The van der Waals surface area contributed by atoms with Crippen molar-refractivity contribution in [2.75, 3.05) is 6.54 Å². The number of aliphatic imine (C=N–C) groups is 1. The summed E-state index contributed by atoms with van der Waals surface area (Å²) < 4.78 is 13.9. The van der Waals surface area contributed by atoms with Crippen LogP contribution in [0.2, 0.25) is 5.02 Å². The molecular weight excluding hydrogens is 509 g/mol. The summed E-state index contributed by atoms with van der Waals surface area (Å²) in [6.07, 6.45) is 2.98. The van der Waals surface area contributed by atoms with Gasteiger partial charge >= 0.3 is 5.97 Å². The van der Waals surface area contributed by atoms with Gasteiger partial charge in [0.25, 0.3) is 11.8 Å². The summed E-state index contributed by atoms with van der Waals surface area (Å²) in [7, 11) is 0. The summed E-state index contributed by atoms with van der Waals surface area (Å²) in [5, 5.41) is 11.3. The topological polar surface area (TPSA) is 99.1 Å². The fourth-order valence-corrected chi connectivity index (χ4v) is 6.21. The summed E-state index contributed by atoms with van der Waals surface area (Å²) in [6.45, 7) is 6.42. The van der Waals surface area contributed by atoms with E-state index in [4.69, 9.17) is 21.7 Å². The molecule has 1 spiro atoms. The number of aliphatic carboxylic acids is 1. The summed E-state index contributed by atoms with van der Waals surface area (Å²) in [4.78, 5) is 44.2. The number of hydrogen-bond acceptors (Lipinski definition) is 4. The number of carboxylic acid groups (broad SMARTS) is 1. The van der Waals surface area contributed by atoms with Crippen LogP contribution in [0.4, 0.5) is 4.39 Å². The van der Waals surface area contributed by atoms with E-state index < -0.39 is 17.4 Å². The zero-order valence-electron chi connectivity index (χ0n) is 21.8. The summed E-state index contributed by atoms with van der Waals surface area (Å²) >= 11 is 6.06. The molecule has 0 bridgehead atoms. The predicted octanol–water partition coefficient (Wildman–Crippen LogP) is 5.62. The number of hydrogen-bond donors (Lipinski definition) is 2. The molecule has 2 aromatic carbocycles. The Labute approximate surface area is 227 Å². The van der Waals surface area contributed by atoms with Gasteiger partial charge in [-0.15, -0.1) is 0 Å². The number of nitrogens with zero attached hydrogens (tertiary/aromatic N) is 2. The highest BCUT2D eigenvalue weighted by Crippen LogP contribution is 2.48. The van der Waals surface area contributed by atoms with E-state index in [0.717, 1.165) is 24.8 Å². The van der Waals surface area contributed by atoms with Gasteiger partial charge in [-0.05, 0) is 73.4 Å². The molecule has 4 rings (SSSR count). The minimum Gasteiger partial charge on any atom is -0.481 e. The maximum Gasteiger partial charge on any atom is 0.305 e. The first kappa shape index (κ1) is 27.8. The van der Waals surface area contributed by atoms with Gasteiger partial charge in [0.15, 0.2) is 0 Å². The molecule has 3 atom stereocenters. The van der Waals surface area contributed by atoms with Crippen LogP contribution in [0.15, 0.2) is 47.5 Å². The fraction of sp³-hybridized carbons (Fsp3) is 0.448. The third kappa shape index (κ3) is 5.60. The molecule has 9 heteroatoms. The van der Waals surface area contributed by atoms with Gasteiger partial charge in [0.1, 0.15) is 17.2 Å². The molecule has 1 fully saturated rings. The fourth-order valence-electron chi connectivity index (χ4n) is 6.03. The molecule has 0 saturated heterocycles. The number of rotatable bonds is 8. The van der Waals surface area contributed by atoms with Crippen molar-refractivity contribution in [3.63, 3.8) is 0 Å². The first-order valence-corrected chi connectivity index (χ1v) is 13.4. The number of nitrogens with one attached hydrogen (secondary N) is 1. The van der Waals surface area contributed by atoms with Crippen LogP contribution in [0.5, 0.6) is 0 Å². The lowest BCUT2D eigenvalue weighted by Crippen LogP contribution is -2.52. The van der Waals surface area contributed by atoms with E-state index in [0.29, 0.717) is 35.1 Å². The molecule has 1 aliphatic heterocycles. The van der Waals surface area contributed by atoms with Crippen LogP contribution in [-0.2, 0) is 9.59 Å². The number of amides is 2. The lowest BCUT2D eigenvalue weighted by Gasteiger charge is -2.47. The molecule has 2 amide bonds. The molecule has 1 aliphatic carbocycles. The van der Waals surface area contributed by atoms with Gasteiger partial charge in [0, 0.05) is 17.7 Å². The quantitative estimate of drug-likeness (QED) is 0.453. The van der Waals surface area contributed by atoms with Crippen LogP contribution in [0, 0.1) is 17.7 Å². The molecule has 2 aromatic rings. The van der Waals surface area contributed by atoms with Crippen molar-refractivity contribution in [3.05, 3.63) is 70.0 Å². The van der Waals surface area contributed by atoms with E-state index in [9.17, 15) is 18.8 Å². The molecule has 38 heavy (non-hydrogen) atoms. The van der Waals surface area contributed by atoms with E-state index >= 15 is 0 Å². The molecule has 2 aliphatic rings. The highest BCUT2D eigenvalue weighted by Gasteiger charge is 2.53. The smallest absolute Gasteiger partial charge is 0.305 e. The second kappa shape index (κ2) is 11.2. The summed E-state index contributed by atoms with van der Waals surface area (Å²) in [6, 6.07) is 11.0. The number of carboxylic acids is 1. The van der Waals surface area contributed by atoms with Crippen molar-refractivity contribution in [3.8, 4) is 0 Å². The van der Waals surface area contributed by atoms with E-state index in [1.807, 2.05) is 24.0 Å². The number of halogens is 2. The Balaban J connectivity index is 1.68. The molecule has 3 unspecified atom stereocenters. The third-order valence-corrected chi connectivity index (χ3v) is 7.71. The summed E-state index contributed by atoms with van der Waals surface area (Å²) in [5.41, 5.74) is 1.35. The monoisotopic (exact) mass is 541 g/mol. The minimum atomic E-state index is -0.980. The zero-order chi connectivity index (χ0) is 27.6. The van der Waals surface area contributed by atoms with Crippen molar-refractivity contribution >= 4 is 35.1 Å². The average Bonchev–Trinajstić information content (AvgIpc) is 3.11. The maximum atomic E-state index is 14.1. The van der Waals surface area contributed by atoms with E-state index in [1.54, 1.807) is 18.2 Å². The van der Waals surface area contributed by atoms with E-state index in [2.05, 4.69) is 19.2 Å². The standard InChI is InChI=1S/C29H33ClFN3O4/c1-4-24(19-5-7-20(8-6-19)27(37)32-12-11-25(35)36)34-28(38)26(21-9-10-23(31)22(30)14-21)33-29(34)15-17(2)13-18(3)16-29/h5-10,14,17-18,24H,4,11-13,15-16H2,1-3H3,(H,32,37)(H,35,36). The molecule has 202 valence electrons. The van der Waals surface area contributed by atoms with Crippen molar-refractivity contribution in [1.29, 1.82) is 0 Å². The van der Waals surface area contributed by atoms with Crippen molar-refractivity contribution in [2.45, 2.75) is 64.6 Å². The van der Waals surface area contributed by atoms with Gasteiger partial charge in [-0.1, -0.05) is 44.5 Å². The first-order chi connectivity index (χ1) is 18.0. The zero-order valence-corrected chi connectivity index (χ0v) is 22.6. The van der Waals surface area contributed by atoms with Crippen LogP contribution >= 0.6 is 11.6 Å². The van der Waals surface area contributed by atoms with Crippen LogP contribution in [-0.4, -0.2) is 45.7 Å². The Morgan fingerprint density at radius 1 is 1.18 bits per heavy atom. The van der Waals surface area contributed by atoms with Crippen LogP contribution in [0.1, 0.15) is 80.4 Å². The highest BCUT2D eigenvalue weighted by molar-refractivity contribution is 6.47. The highest BCUT2D eigenvalue weighted by atomic mass is 35.5. The van der Waals surface area contributed by atoms with E-state index in [-0.39, 0.29) is 35.8 Å². The number of carbonyl (C=O) groups excluding carboxylic acids is 2. The molecule has 1 saturated carbocycles. The molecule has 1 heterocycles. The van der Waals surface area contributed by atoms with Crippen molar-refractivity contribution in [2.24, 2.45) is 16.8 Å². The molecule has 0 aromatic heterocycles. The van der Waals surface area contributed by atoms with Crippen LogP contribution < -0.4 is 5.32 Å². The van der Waals surface area contributed by atoms with Gasteiger partial charge < -0.3 is 15.3 Å². The Kier molecular flexibility index (Phi) is 8.21. The van der Waals surface area contributed by atoms with Gasteiger partial charge in [0.05, 0.1) is 17.5 Å². The lowest BCUT2D eigenvalue weighted by molar-refractivity contribution is -0.137. The number of benzene rings is 2. The molecular formula is C29H33ClFN3O4. The van der Waals surface area contributed by atoms with E-state index in [1.165, 1.54) is 12.1 Å². The summed E-state index contributed by atoms with van der Waals surface area (Å²) in [5.74, 6) is -1.37. The third-order valence-electron chi connectivity index (χ3n) is 7.42. The average molecular weight is 542 g/mol. The Morgan fingerprint density at radius 3 is 2.42 bits per heavy atom. The Hall–Kier alpha value is -3.26. The van der Waals surface area contributed by atoms with Crippen LogP contribution in [0.3, 0.4) is 0 Å². The SMILES string of the molecule is CCC(c1ccc(C(=O)NCCC(=O)O)cc1)N1C(=O)C(c2ccc(F)c(Cl)c2)=NC12CC(C)CC(C)C2. The second-order valence-corrected chi connectivity index (χ2v) is 11.0. The first-order valence-electron chi connectivity index (χ1n) is 13.0. The van der Waals surface area contributed by atoms with Gasteiger partial charge in [-0.2, -0.15) is 0 Å². The second-order valence-electron chi connectivity index (χ2n) is 10.5. The van der Waals surface area contributed by atoms with Gasteiger partial charge in [-0.3, -0.25) is 19.4 Å². The molecule has 7 nitrogen and oxygen atoms in total. The normalized spacial score (nSPS) is 23.9. The molecule has 0 radical (unpaired) electrons. The maximum absolute atomic E-state index is 14.1. The Morgan fingerprint density at radius 2 is 1.84 bits per heavy atom. The van der Waals surface area contributed by atoms with Crippen LogP contribution in [0.25, 0.3) is 0 Å². The Bertz CT molecular complexity index is 1250. The van der Waals surface area contributed by atoms with Gasteiger partial charge in [0.2, 0.25) is 0 Å².